The Labute approximate surface area is 214 Å². The van der Waals surface area contributed by atoms with Crippen molar-refractivity contribution in [3.63, 3.8) is 0 Å². The predicted molar refractivity (Wildman–Crippen MR) is 131 cm³/mol. The molecule has 13 heteroatoms. The monoisotopic (exact) mass is 523 g/mol. The van der Waals surface area contributed by atoms with E-state index in [9.17, 15) is 9.18 Å². The van der Waals surface area contributed by atoms with Gasteiger partial charge in [0.15, 0.2) is 5.82 Å². The molecule has 6 rings (SSSR count). The van der Waals surface area contributed by atoms with Gasteiger partial charge in [0.05, 0.1) is 34.2 Å². The third-order valence-electron chi connectivity index (χ3n) is 6.81. The Bertz CT molecular complexity index is 1540. The van der Waals surface area contributed by atoms with E-state index in [0.29, 0.717) is 47.9 Å². The zero-order valence-electron chi connectivity index (χ0n) is 19.5. The summed E-state index contributed by atoms with van der Waals surface area (Å²) >= 11 is 6.09. The lowest BCUT2D eigenvalue weighted by Crippen LogP contribution is -2.39. The molecule has 2 atom stereocenters. The van der Waals surface area contributed by atoms with Crippen LogP contribution in [-0.4, -0.2) is 59.1 Å². The normalized spacial score (nSPS) is 19.2. The quantitative estimate of drug-likeness (QED) is 0.380. The van der Waals surface area contributed by atoms with Crippen molar-refractivity contribution >= 4 is 28.9 Å². The molecule has 2 N–H and O–H groups in total. The van der Waals surface area contributed by atoms with E-state index < -0.39 is 11.8 Å². The number of H-pyrrole nitrogens is 1. The van der Waals surface area contributed by atoms with E-state index in [1.807, 2.05) is 0 Å². The standard InChI is InChI=1S/C24H20ClF2N9O/c1-28-19-7-3-14(23(27)32-19)16-10-29-24(31-16)18-5-2-13-8-12(9-20(37)36(13)18)21-17(35-11-30-33-34-35)6-4-15(25)22(21)26/h3-4,6-7,9-11,13,18H,2,5,8H2,1H3,(H,28,32)(H,29,31)/t13-,18-/m0/s1. The zero-order chi connectivity index (χ0) is 25.7. The minimum absolute atomic E-state index is 0.0560. The summed E-state index contributed by atoms with van der Waals surface area (Å²) < 4.78 is 31.1. The second-order valence-electron chi connectivity index (χ2n) is 8.84. The highest BCUT2D eigenvalue weighted by molar-refractivity contribution is 6.31. The van der Waals surface area contributed by atoms with Gasteiger partial charge in [0.25, 0.3) is 0 Å². The highest BCUT2D eigenvalue weighted by Gasteiger charge is 2.42. The van der Waals surface area contributed by atoms with Gasteiger partial charge in [0.2, 0.25) is 11.9 Å². The molecule has 5 heterocycles. The number of rotatable bonds is 5. The van der Waals surface area contributed by atoms with Gasteiger partial charge in [-0.15, -0.1) is 5.10 Å². The van der Waals surface area contributed by atoms with Crippen molar-refractivity contribution in [2.75, 3.05) is 12.4 Å². The summed E-state index contributed by atoms with van der Waals surface area (Å²) in [6.45, 7) is 0. The summed E-state index contributed by atoms with van der Waals surface area (Å²) in [5.41, 5.74) is 1.87. The van der Waals surface area contributed by atoms with Crippen LogP contribution in [0.25, 0.3) is 22.5 Å². The molecule has 2 aliphatic rings. The fraction of sp³-hybridized carbons (Fsp3) is 0.250. The number of anilines is 1. The Morgan fingerprint density at radius 2 is 2.05 bits per heavy atom. The number of fused-ring (bicyclic) bond motifs is 1. The second kappa shape index (κ2) is 9.04. The number of pyridine rings is 1. The molecule has 0 unspecified atom stereocenters. The fourth-order valence-electron chi connectivity index (χ4n) is 5.12. The highest BCUT2D eigenvalue weighted by Crippen LogP contribution is 2.44. The summed E-state index contributed by atoms with van der Waals surface area (Å²) in [6.07, 6.45) is 6.10. The van der Waals surface area contributed by atoms with E-state index in [4.69, 9.17) is 11.6 Å². The number of carbonyl (C=O) groups excluding carboxylic acids is 1. The first-order valence-corrected chi connectivity index (χ1v) is 12.0. The SMILES string of the molecule is CNc1ccc(-c2cnc([C@@H]3CC[C@H]4CC(c5c(-n6cnnn6)ccc(Cl)c5F)=CC(=O)N43)[nH]2)c(F)n1. The molecule has 3 aromatic heterocycles. The van der Waals surface area contributed by atoms with Crippen molar-refractivity contribution in [1.29, 1.82) is 0 Å². The van der Waals surface area contributed by atoms with Crippen LogP contribution >= 0.6 is 11.6 Å². The lowest BCUT2D eigenvalue weighted by atomic mass is 9.92. The summed E-state index contributed by atoms with van der Waals surface area (Å²) in [5, 5.41) is 13.9. The number of hydrogen-bond donors (Lipinski definition) is 2. The topological polar surface area (TPSA) is 118 Å². The smallest absolute Gasteiger partial charge is 0.247 e. The maximum Gasteiger partial charge on any atom is 0.247 e. The molecule has 1 fully saturated rings. The number of amides is 1. The van der Waals surface area contributed by atoms with Gasteiger partial charge in [0, 0.05) is 24.7 Å². The molecule has 4 aromatic rings. The molecule has 0 radical (unpaired) electrons. The second-order valence-corrected chi connectivity index (χ2v) is 9.25. The first-order valence-electron chi connectivity index (χ1n) is 11.6. The molecule has 0 bridgehead atoms. The first kappa shape index (κ1) is 23.2. The van der Waals surface area contributed by atoms with Crippen molar-refractivity contribution in [2.24, 2.45) is 0 Å². The third kappa shape index (κ3) is 3.93. The summed E-state index contributed by atoms with van der Waals surface area (Å²) in [4.78, 5) is 26.6. The van der Waals surface area contributed by atoms with Crippen LogP contribution in [0.15, 0.2) is 42.9 Å². The molecule has 1 aromatic carbocycles. The zero-order valence-corrected chi connectivity index (χ0v) is 20.2. The number of nitrogens with one attached hydrogen (secondary N) is 2. The molecular weight excluding hydrogens is 504 g/mol. The Kier molecular flexibility index (Phi) is 5.67. The number of hydrogen-bond acceptors (Lipinski definition) is 7. The predicted octanol–water partition coefficient (Wildman–Crippen LogP) is 3.94. The number of carbonyl (C=O) groups is 1. The number of benzene rings is 1. The van der Waals surface area contributed by atoms with Crippen molar-refractivity contribution in [1.82, 2.24) is 40.1 Å². The fourth-order valence-corrected chi connectivity index (χ4v) is 5.28. The van der Waals surface area contributed by atoms with E-state index in [0.717, 1.165) is 0 Å². The minimum Gasteiger partial charge on any atom is -0.373 e. The van der Waals surface area contributed by atoms with Crippen LogP contribution in [0.5, 0.6) is 0 Å². The van der Waals surface area contributed by atoms with E-state index in [2.05, 4.69) is 35.8 Å². The molecule has 2 aliphatic heterocycles. The Hall–Kier alpha value is -4.19. The van der Waals surface area contributed by atoms with Crippen molar-refractivity contribution in [3.05, 3.63) is 71.0 Å². The van der Waals surface area contributed by atoms with Crippen LogP contribution in [0.1, 0.15) is 36.7 Å². The Balaban J connectivity index is 1.31. The Morgan fingerprint density at radius 1 is 1.19 bits per heavy atom. The van der Waals surface area contributed by atoms with Crippen LogP contribution in [0, 0.1) is 11.8 Å². The summed E-state index contributed by atoms with van der Waals surface area (Å²) in [5.74, 6) is -0.550. The van der Waals surface area contributed by atoms with Crippen LogP contribution < -0.4 is 5.32 Å². The van der Waals surface area contributed by atoms with Gasteiger partial charge < -0.3 is 15.2 Å². The average Bonchev–Trinajstić information content (AvgIpc) is 3.66. The molecule has 0 saturated carbocycles. The van der Waals surface area contributed by atoms with Gasteiger partial charge in [-0.2, -0.15) is 9.07 Å². The van der Waals surface area contributed by atoms with Crippen LogP contribution in [0.2, 0.25) is 5.02 Å². The van der Waals surface area contributed by atoms with Gasteiger partial charge in [0.1, 0.15) is 18.0 Å². The van der Waals surface area contributed by atoms with Crippen molar-refractivity contribution < 1.29 is 13.6 Å². The number of tetrazole rings is 1. The molecule has 0 spiro atoms. The summed E-state index contributed by atoms with van der Waals surface area (Å²) in [6, 6.07) is 5.85. The molecule has 1 amide bonds. The first-order chi connectivity index (χ1) is 17.9. The average molecular weight is 524 g/mol. The molecule has 0 aliphatic carbocycles. The molecule has 188 valence electrons. The van der Waals surface area contributed by atoms with Crippen LogP contribution in [-0.2, 0) is 4.79 Å². The van der Waals surface area contributed by atoms with Gasteiger partial charge in [-0.25, -0.2) is 14.4 Å². The number of aromatic amines is 1. The maximum atomic E-state index is 15.3. The number of aromatic nitrogens is 7. The number of halogens is 3. The van der Waals surface area contributed by atoms with Crippen molar-refractivity contribution in [2.45, 2.75) is 31.3 Å². The van der Waals surface area contributed by atoms with Gasteiger partial charge in [-0.05, 0) is 59.5 Å². The number of nitrogens with zero attached hydrogens (tertiary/aromatic N) is 7. The third-order valence-corrected chi connectivity index (χ3v) is 7.10. The van der Waals surface area contributed by atoms with Crippen molar-refractivity contribution in [3.8, 4) is 16.9 Å². The largest absolute Gasteiger partial charge is 0.373 e. The number of imidazole rings is 1. The van der Waals surface area contributed by atoms with E-state index in [1.54, 1.807) is 30.1 Å². The van der Waals surface area contributed by atoms with Crippen LogP contribution in [0.3, 0.4) is 0 Å². The molecule has 10 nitrogen and oxygen atoms in total. The minimum atomic E-state index is -0.632. The van der Waals surface area contributed by atoms with E-state index in [-0.39, 0.29) is 34.1 Å². The van der Waals surface area contributed by atoms with Gasteiger partial charge >= 0.3 is 0 Å². The van der Waals surface area contributed by atoms with Crippen LogP contribution in [0.4, 0.5) is 14.6 Å². The van der Waals surface area contributed by atoms with Gasteiger partial charge in [-0.1, -0.05) is 11.6 Å². The lowest BCUT2D eigenvalue weighted by molar-refractivity contribution is -0.129. The van der Waals surface area contributed by atoms with Gasteiger partial charge in [-0.3, -0.25) is 4.79 Å². The summed E-state index contributed by atoms with van der Waals surface area (Å²) in [7, 11) is 1.66. The highest BCUT2D eigenvalue weighted by atomic mass is 35.5. The molecule has 1 saturated heterocycles. The Morgan fingerprint density at radius 3 is 2.81 bits per heavy atom. The van der Waals surface area contributed by atoms with E-state index in [1.165, 1.54) is 29.3 Å². The molecular formula is C24H20ClF2N9O. The lowest BCUT2D eigenvalue weighted by Gasteiger charge is -2.33. The molecule has 37 heavy (non-hydrogen) atoms. The maximum absolute atomic E-state index is 15.3. The van der Waals surface area contributed by atoms with E-state index >= 15 is 4.39 Å².